The monoisotopic (exact) mass is 330 g/mol. The average molecular weight is 331 g/mol. The van der Waals surface area contributed by atoms with E-state index in [0.717, 1.165) is 37.2 Å². The second-order valence-corrected chi connectivity index (χ2v) is 7.75. The zero-order valence-electron chi connectivity index (χ0n) is 13.1. The molecule has 1 atom stereocenters. The summed E-state index contributed by atoms with van der Waals surface area (Å²) in [5.41, 5.74) is 1.14. The predicted molar refractivity (Wildman–Crippen MR) is 91.5 cm³/mol. The van der Waals surface area contributed by atoms with Crippen LogP contribution in [-0.4, -0.2) is 39.6 Å². The van der Waals surface area contributed by atoms with Gasteiger partial charge in [-0.05, 0) is 62.6 Å². The van der Waals surface area contributed by atoms with Gasteiger partial charge < -0.3 is 5.32 Å². The van der Waals surface area contributed by atoms with E-state index in [1.165, 1.54) is 0 Å². The molecule has 6 heteroatoms. The molecule has 0 radical (unpaired) electrons. The van der Waals surface area contributed by atoms with Gasteiger partial charge in [0, 0.05) is 6.04 Å². The summed E-state index contributed by atoms with van der Waals surface area (Å²) in [5.74, 6) is 0.951. The van der Waals surface area contributed by atoms with Crippen LogP contribution in [0.15, 0.2) is 29.2 Å². The third kappa shape index (κ3) is 6.82. The Hall–Kier alpha value is -0.560. The molecular formula is C15H26N2O2S2. The molecule has 0 aliphatic rings. The lowest BCUT2D eigenvalue weighted by atomic mass is 10.1. The van der Waals surface area contributed by atoms with Gasteiger partial charge >= 0.3 is 0 Å². The molecule has 0 aromatic heterocycles. The summed E-state index contributed by atoms with van der Waals surface area (Å²) >= 11 is 1.72. The zero-order chi connectivity index (χ0) is 15.7. The lowest BCUT2D eigenvalue weighted by Gasteiger charge is -2.14. The van der Waals surface area contributed by atoms with Crippen LogP contribution < -0.4 is 10.0 Å². The van der Waals surface area contributed by atoms with E-state index in [1.807, 2.05) is 25.3 Å². The van der Waals surface area contributed by atoms with E-state index in [1.54, 1.807) is 23.9 Å². The molecule has 0 aliphatic carbocycles. The minimum atomic E-state index is -3.41. The first-order chi connectivity index (χ1) is 9.99. The van der Waals surface area contributed by atoms with Crippen LogP contribution in [0.4, 0.5) is 0 Å². The van der Waals surface area contributed by atoms with Crippen molar-refractivity contribution in [3.05, 3.63) is 29.8 Å². The van der Waals surface area contributed by atoms with E-state index in [-0.39, 0.29) is 6.04 Å². The van der Waals surface area contributed by atoms with Crippen molar-refractivity contribution in [2.24, 2.45) is 0 Å². The van der Waals surface area contributed by atoms with E-state index in [9.17, 15) is 8.42 Å². The van der Waals surface area contributed by atoms with E-state index >= 15 is 0 Å². The van der Waals surface area contributed by atoms with Crippen molar-refractivity contribution in [2.45, 2.75) is 37.6 Å². The van der Waals surface area contributed by atoms with Crippen molar-refractivity contribution in [2.75, 3.05) is 25.1 Å². The van der Waals surface area contributed by atoms with Gasteiger partial charge in [-0.25, -0.2) is 13.1 Å². The first-order valence-electron chi connectivity index (χ1n) is 7.30. The SMILES string of the molecule is CCNCCc1ccc(S(=O)(=O)NC(C)CCSC)cc1. The van der Waals surface area contributed by atoms with Crippen LogP contribution in [-0.2, 0) is 16.4 Å². The van der Waals surface area contributed by atoms with Gasteiger partial charge in [-0.1, -0.05) is 19.1 Å². The standard InChI is InChI=1S/C15H26N2O2S2/c1-4-16-11-9-14-5-7-15(8-6-14)21(18,19)17-13(2)10-12-20-3/h5-8,13,16-17H,4,9-12H2,1-3H3. The number of hydrogen-bond acceptors (Lipinski definition) is 4. The topological polar surface area (TPSA) is 58.2 Å². The molecular weight excluding hydrogens is 304 g/mol. The third-order valence-corrected chi connectivity index (χ3v) is 5.43. The van der Waals surface area contributed by atoms with E-state index in [4.69, 9.17) is 0 Å². The highest BCUT2D eigenvalue weighted by molar-refractivity contribution is 7.98. The van der Waals surface area contributed by atoms with Crippen molar-refractivity contribution >= 4 is 21.8 Å². The Bertz CT molecular complexity index is 501. The van der Waals surface area contributed by atoms with Gasteiger partial charge in [0.05, 0.1) is 4.90 Å². The summed E-state index contributed by atoms with van der Waals surface area (Å²) in [6.07, 6.45) is 3.76. The summed E-state index contributed by atoms with van der Waals surface area (Å²) in [4.78, 5) is 0.339. The summed E-state index contributed by atoms with van der Waals surface area (Å²) in [6.45, 7) is 5.83. The molecule has 0 bridgehead atoms. The molecule has 1 aromatic carbocycles. The maximum Gasteiger partial charge on any atom is 0.240 e. The Morgan fingerprint density at radius 3 is 2.48 bits per heavy atom. The molecule has 21 heavy (non-hydrogen) atoms. The van der Waals surface area contributed by atoms with Crippen molar-refractivity contribution in [1.82, 2.24) is 10.0 Å². The number of likely N-dealkylation sites (N-methyl/N-ethyl adjacent to an activating group) is 1. The molecule has 120 valence electrons. The second-order valence-electron chi connectivity index (χ2n) is 5.05. The average Bonchev–Trinajstić information content (AvgIpc) is 2.45. The van der Waals surface area contributed by atoms with Gasteiger partial charge in [-0.15, -0.1) is 0 Å². The van der Waals surface area contributed by atoms with Gasteiger partial charge in [-0.3, -0.25) is 0 Å². The Morgan fingerprint density at radius 2 is 1.90 bits per heavy atom. The fourth-order valence-corrected chi connectivity index (χ4v) is 3.80. The first kappa shape index (κ1) is 18.5. The van der Waals surface area contributed by atoms with Crippen molar-refractivity contribution in [1.29, 1.82) is 0 Å². The number of thioether (sulfide) groups is 1. The Morgan fingerprint density at radius 1 is 1.24 bits per heavy atom. The fourth-order valence-electron chi connectivity index (χ4n) is 1.93. The van der Waals surface area contributed by atoms with E-state index < -0.39 is 10.0 Å². The van der Waals surface area contributed by atoms with Crippen molar-refractivity contribution < 1.29 is 8.42 Å². The quantitative estimate of drug-likeness (QED) is 0.646. The largest absolute Gasteiger partial charge is 0.317 e. The van der Waals surface area contributed by atoms with Crippen molar-refractivity contribution in [3.63, 3.8) is 0 Å². The fraction of sp³-hybridized carbons (Fsp3) is 0.600. The van der Waals surface area contributed by atoms with E-state index in [2.05, 4.69) is 17.0 Å². The molecule has 0 fully saturated rings. The second kappa shape index (κ2) is 9.46. The van der Waals surface area contributed by atoms with Crippen LogP contribution >= 0.6 is 11.8 Å². The number of hydrogen-bond donors (Lipinski definition) is 2. The highest BCUT2D eigenvalue weighted by atomic mass is 32.2. The maximum absolute atomic E-state index is 12.2. The van der Waals surface area contributed by atoms with Crippen LogP contribution in [0, 0.1) is 0 Å². The molecule has 0 aliphatic heterocycles. The minimum Gasteiger partial charge on any atom is -0.317 e. The lowest BCUT2D eigenvalue weighted by Crippen LogP contribution is -2.33. The zero-order valence-corrected chi connectivity index (χ0v) is 14.7. The molecule has 2 N–H and O–H groups in total. The summed E-state index contributed by atoms with van der Waals surface area (Å²) in [5, 5.41) is 3.25. The Kier molecular flexibility index (Phi) is 8.33. The smallest absolute Gasteiger partial charge is 0.240 e. The lowest BCUT2D eigenvalue weighted by molar-refractivity contribution is 0.557. The van der Waals surface area contributed by atoms with Crippen molar-refractivity contribution in [3.8, 4) is 0 Å². The van der Waals surface area contributed by atoms with E-state index in [0.29, 0.717) is 4.90 Å². The molecule has 4 nitrogen and oxygen atoms in total. The molecule has 0 saturated carbocycles. The van der Waals surface area contributed by atoms with Gasteiger partial charge in [0.25, 0.3) is 0 Å². The number of sulfonamides is 1. The summed E-state index contributed by atoms with van der Waals surface area (Å²) < 4.78 is 27.2. The molecule has 1 aromatic rings. The van der Waals surface area contributed by atoms with Crippen LogP contribution in [0.2, 0.25) is 0 Å². The predicted octanol–water partition coefficient (Wildman–Crippen LogP) is 2.26. The summed E-state index contributed by atoms with van der Waals surface area (Å²) in [6, 6.07) is 7.10. The van der Waals surface area contributed by atoms with Gasteiger partial charge in [0.15, 0.2) is 0 Å². The Labute approximate surface area is 133 Å². The molecule has 1 unspecified atom stereocenters. The Balaban J connectivity index is 2.62. The maximum atomic E-state index is 12.2. The first-order valence-corrected chi connectivity index (χ1v) is 10.2. The van der Waals surface area contributed by atoms with Gasteiger partial charge in [0.1, 0.15) is 0 Å². The number of nitrogens with one attached hydrogen (secondary N) is 2. The van der Waals surface area contributed by atoms with Crippen LogP contribution in [0.5, 0.6) is 0 Å². The van der Waals surface area contributed by atoms with Crippen LogP contribution in [0.25, 0.3) is 0 Å². The van der Waals surface area contributed by atoms with Crippen LogP contribution in [0.3, 0.4) is 0 Å². The minimum absolute atomic E-state index is 0.0455. The molecule has 0 amide bonds. The number of benzene rings is 1. The molecule has 0 saturated heterocycles. The third-order valence-electron chi connectivity index (χ3n) is 3.19. The number of rotatable bonds is 10. The highest BCUT2D eigenvalue weighted by Crippen LogP contribution is 2.12. The molecule has 0 heterocycles. The molecule has 1 rings (SSSR count). The highest BCUT2D eigenvalue weighted by Gasteiger charge is 2.16. The summed E-state index contributed by atoms with van der Waals surface area (Å²) in [7, 11) is -3.41. The van der Waals surface area contributed by atoms with Gasteiger partial charge in [0.2, 0.25) is 10.0 Å². The molecule has 0 spiro atoms. The van der Waals surface area contributed by atoms with Crippen LogP contribution in [0.1, 0.15) is 25.8 Å². The van der Waals surface area contributed by atoms with Gasteiger partial charge in [-0.2, -0.15) is 11.8 Å². The normalized spacial score (nSPS) is 13.3.